The summed E-state index contributed by atoms with van der Waals surface area (Å²) >= 11 is 0. The van der Waals surface area contributed by atoms with E-state index in [4.69, 9.17) is 5.73 Å². The number of amides is 1. The van der Waals surface area contributed by atoms with Gasteiger partial charge in [-0.25, -0.2) is 0 Å². The van der Waals surface area contributed by atoms with E-state index in [1.807, 2.05) is 0 Å². The average Bonchev–Trinajstić information content (AvgIpc) is 2.25. The number of carbonyl (C=O) groups excluding carboxylic acids is 1. The average molecular weight is 226 g/mol. The summed E-state index contributed by atoms with van der Waals surface area (Å²) in [5, 5.41) is 3.04. The summed E-state index contributed by atoms with van der Waals surface area (Å²) in [5.74, 6) is 1.48. The van der Waals surface area contributed by atoms with Gasteiger partial charge in [-0.15, -0.1) is 0 Å². The normalized spacial score (nSPS) is 25.8. The Labute approximate surface area is 99.2 Å². The van der Waals surface area contributed by atoms with Crippen molar-refractivity contribution in [3.8, 4) is 0 Å². The van der Waals surface area contributed by atoms with Crippen molar-refractivity contribution in [1.82, 2.24) is 5.32 Å². The molecule has 1 fully saturated rings. The first kappa shape index (κ1) is 13.5. The molecule has 1 saturated carbocycles. The van der Waals surface area contributed by atoms with Crippen LogP contribution < -0.4 is 11.1 Å². The van der Waals surface area contributed by atoms with E-state index in [0.717, 1.165) is 25.8 Å². The van der Waals surface area contributed by atoms with Crippen LogP contribution >= 0.6 is 0 Å². The molecule has 1 rings (SSSR count). The third-order valence-electron chi connectivity index (χ3n) is 3.43. The van der Waals surface area contributed by atoms with E-state index in [1.54, 1.807) is 0 Å². The number of carbonyl (C=O) groups is 1. The van der Waals surface area contributed by atoms with E-state index in [0.29, 0.717) is 24.3 Å². The zero-order valence-corrected chi connectivity index (χ0v) is 10.7. The van der Waals surface area contributed by atoms with Gasteiger partial charge in [-0.1, -0.05) is 13.8 Å². The van der Waals surface area contributed by atoms with Crippen molar-refractivity contribution in [2.75, 3.05) is 6.54 Å². The highest BCUT2D eigenvalue weighted by molar-refractivity contribution is 5.75. The minimum absolute atomic E-state index is 0.212. The summed E-state index contributed by atoms with van der Waals surface area (Å²) in [7, 11) is 0. The zero-order chi connectivity index (χ0) is 12.0. The SMILES string of the molecule is CC(C)CCC(=O)NCC1CCC(N)CC1. The van der Waals surface area contributed by atoms with Crippen molar-refractivity contribution in [2.45, 2.75) is 58.4 Å². The summed E-state index contributed by atoms with van der Waals surface area (Å²) in [6.07, 6.45) is 6.24. The standard InChI is InChI=1S/C13H26N2O/c1-10(2)3-8-13(16)15-9-11-4-6-12(14)7-5-11/h10-12H,3-9,14H2,1-2H3,(H,15,16). The fourth-order valence-electron chi connectivity index (χ4n) is 2.16. The van der Waals surface area contributed by atoms with Crippen molar-refractivity contribution < 1.29 is 4.79 Å². The lowest BCUT2D eigenvalue weighted by molar-refractivity contribution is -0.121. The largest absolute Gasteiger partial charge is 0.356 e. The van der Waals surface area contributed by atoms with Crippen LogP contribution in [0.1, 0.15) is 52.4 Å². The third-order valence-corrected chi connectivity index (χ3v) is 3.43. The van der Waals surface area contributed by atoms with Gasteiger partial charge in [-0.3, -0.25) is 4.79 Å². The Morgan fingerprint density at radius 1 is 1.31 bits per heavy atom. The summed E-state index contributed by atoms with van der Waals surface area (Å²) in [5.41, 5.74) is 5.85. The van der Waals surface area contributed by atoms with Crippen molar-refractivity contribution in [2.24, 2.45) is 17.6 Å². The Hall–Kier alpha value is -0.570. The third kappa shape index (κ3) is 5.50. The quantitative estimate of drug-likeness (QED) is 0.754. The highest BCUT2D eigenvalue weighted by Gasteiger charge is 2.18. The molecule has 3 nitrogen and oxygen atoms in total. The molecule has 0 atom stereocenters. The zero-order valence-electron chi connectivity index (χ0n) is 10.7. The lowest BCUT2D eigenvalue weighted by Gasteiger charge is -2.26. The Bertz CT molecular complexity index is 208. The number of hydrogen-bond acceptors (Lipinski definition) is 2. The molecule has 0 aromatic heterocycles. The minimum atomic E-state index is 0.212. The van der Waals surface area contributed by atoms with Gasteiger partial charge in [-0.05, 0) is 43.9 Å². The van der Waals surface area contributed by atoms with E-state index in [2.05, 4.69) is 19.2 Å². The Balaban J connectivity index is 2.07. The van der Waals surface area contributed by atoms with Crippen LogP contribution in [0.15, 0.2) is 0 Å². The molecular weight excluding hydrogens is 200 g/mol. The molecule has 1 amide bonds. The summed E-state index contributed by atoms with van der Waals surface area (Å²) < 4.78 is 0. The van der Waals surface area contributed by atoms with Gasteiger partial charge in [0.2, 0.25) is 5.91 Å². The predicted octanol–water partition coefficient (Wildman–Crippen LogP) is 2.06. The van der Waals surface area contributed by atoms with Crippen LogP contribution in [0.5, 0.6) is 0 Å². The van der Waals surface area contributed by atoms with Crippen LogP contribution in [-0.2, 0) is 4.79 Å². The maximum atomic E-state index is 11.5. The fraction of sp³-hybridized carbons (Fsp3) is 0.923. The molecule has 16 heavy (non-hydrogen) atoms. The van der Waals surface area contributed by atoms with E-state index >= 15 is 0 Å². The van der Waals surface area contributed by atoms with Crippen LogP contribution in [0.4, 0.5) is 0 Å². The molecule has 0 spiro atoms. The molecule has 0 heterocycles. The molecule has 3 heteroatoms. The first-order valence-corrected chi connectivity index (χ1v) is 6.60. The molecule has 0 aromatic rings. The van der Waals surface area contributed by atoms with Gasteiger partial charge >= 0.3 is 0 Å². The summed E-state index contributed by atoms with van der Waals surface area (Å²) in [4.78, 5) is 11.5. The molecule has 0 bridgehead atoms. The molecule has 0 unspecified atom stereocenters. The molecule has 0 aliphatic heterocycles. The van der Waals surface area contributed by atoms with Crippen LogP contribution in [0.25, 0.3) is 0 Å². The van der Waals surface area contributed by atoms with E-state index < -0.39 is 0 Å². The molecule has 0 aromatic carbocycles. The van der Waals surface area contributed by atoms with Crippen molar-refractivity contribution in [1.29, 1.82) is 0 Å². The number of rotatable bonds is 5. The Morgan fingerprint density at radius 3 is 2.50 bits per heavy atom. The second-order valence-electron chi connectivity index (χ2n) is 5.52. The van der Waals surface area contributed by atoms with Crippen LogP contribution in [0, 0.1) is 11.8 Å². The van der Waals surface area contributed by atoms with E-state index in [9.17, 15) is 4.79 Å². The van der Waals surface area contributed by atoms with Crippen LogP contribution in [-0.4, -0.2) is 18.5 Å². The first-order chi connectivity index (χ1) is 7.58. The van der Waals surface area contributed by atoms with Crippen LogP contribution in [0.2, 0.25) is 0 Å². The molecule has 0 radical (unpaired) electrons. The van der Waals surface area contributed by atoms with Crippen molar-refractivity contribution in [3.63, 3.8) is 0 Å². The topological polar surface area (TPSA) is 55.1 Å². The lowest BCUT2D eigenvalue weighted by Crippen LogP contribution is -2.34. The Morgan fingerprint density at radius 2 is 1.94 bits per heavy atom. The minimum Gasteiger partial charge on any atom is -0.356 e. The van der Waals surface area contributed by atoms with Crippen molar-refractivity contribution >= 4 is 5.91 Å². The first-order valence-electron chi connectivity index (χ1n) is 6.60. The van der Waals surface area contributed by atoms with Crippen molar-refractivity contribution in [3.05, 3.63) is 0 Å². The fourth-order valence-corrected chi connectivity index (χ4v) is 2.16. The van der Waals surface area contributed by atoms with Gasteiger partial charge in [0.05, 0.1) is 0 Å². The van der Waals surface area contributed by atoms with Gasteiger partial charge in [-0.2, -0.15) is 0 Å². The van der Waals surface area contributed by atoms with Crippen LogP contribution in [0.3, 0.4) is 0 Å². The number of nitrogens with two attached hydrogens (primary N) is 1. The summed E-state index contributed by atoms with van der Waals surface area (Å²) in [6, 6.07) is 0.396. The maximum Gasteiger partial charge on any atom is 0.220 e. The van der Waals surface area contributed by atoms with Gasteiger partial charge < -0.3 is 11.1 Å². The molecule has 94 valence electrons. The molecule has 1 aliphatic rings. The molecule has 1 aliphatic carbocycles. The summed E-state index contributed by atoms with van der Waals surface area (Å²) in [6.45, 7) is 5.15. The Kier molecular flexibility index (Phi) is 5.81. The van der Waals surface area contributed by atoms with Gasteiger partial charge in [0.25, 0.3) is 0 Å². The number of nitrogens with one attached hydrogen (secondary N) is 1. The van der Waals surface area contributed by atoms with Gasteiger partial charge in [0.1, 0.15) is 0 Å². The van der Waals surface area contributed by atoms with E-state index in [1.165, 1.54) is 12.8 Å². The van der Waals surface area contributed by atoms with Gasteiger partial charge in [0, 0.05) is 19.0 Å². The highest BCUT2D eigenvalue weighted by Crippen LogP contribution is 2.22. The van der Waals surface area contributed by atoms with E-state index in [-0.39, 0.29) is 5.91 Å². The molecule has 0 saturated heterocycles. The molecule has 3 N–H and O–H groups in total. The lowest BCUT2D eigenvalue weighted by atomic mass is 9.86. The monoisotopic (exact) mass is 226 g/mol. The molecular formula is C13H26N2O. The smallest absolute Gasteiger partial charge is 0.220 e. The second-order valence-corrected chi connectivity index (χ2v) is 5.52. The second kappa shape index (κ2) is 6.89. The highest BCUT2D eigenvalue weighted by atomic mass is 16.1. The van der Waals surface area contributed by atoms with Gasteiger partial charge in [0.15, 0.2) is 0 Å². The number of hydrogen-bond donors (Lipinski definition) is 2. The maximum absolute atomic E-state index is 11.5. The predicted molar refractivity (Wildman–Crippen MR) is 67.0 cm³/mol.